The van der Waals surface area contributed by atoms with Gasteiger partial charge in [-0.25, -0.2) is 0 Å². The maximum Gasteiger partial charge on any atom is 0.309 e. The number of likely N-dealkylation sites (tertiary alicyclic amines) is 1. The second-order valence-electron chi connectivity index (χ2n) is 10.00. The molecule has 37 heavy (non-hydrogen) atoms. The highest BCUT2D eigenvalue weighted by Crippen LogP contribution is 2.26. The number of fused-ring (bicyclic) bond motifs is 1. The number of methoxy groups -OCH3 is 1. The summed E-state index contributed by atoms with van der Waals surface area (Å²) in [6.07, 6.45) is 6.02. The summed E-state index contributed by atoms with van der Waals surface area (Å²) >= 11 is 0. The normalized spacial score (nSPS) is 19.6. The van der Waals surface area contributed by atoms with E-state index in [1.54, 1.807) is 18.2 Å². The molecule has 1 unspecified atom stereocenters. The first kappa shape index (κ1) is 28.1. The number of amides is 2. The first-order chi connectivity index (χ1) is 17.8. The number of nitrogens with two attached hydrogens (primary N) is 1. The third kappa shape index (κ3) is 8.58. The maximum absolute atomic E-state index is 13.3. The van der Waals surface area contributed by atoms with E-state index in [0.29, 0.717) is 48.5 Å². The number of hydrogen-bond acceptors (Lipinski definition) is 6. The summed E-state index contributed by atoms with van der Waals surface area (Å²) < 4.78 is 4.72. The van der Waals surface area contributed by atoms with Gasteiger partial charge in [0.05, 0.1) is 19.2 Å². The number of benzene rings is 1. The Hall–Kier alpha value is -3.43. The number of esters is 1. The van der Waals surface area contributed by atoms with E-state index < -0.39 is 11.9 Å². The van der Waals surface area contributed by atoms with Gasteiger partial charge in [-0.1, -0.05) is 18.9 Å². The molecule has 0 radical (unpaired) electrons. The van der Waals surface area contributed by atoms with Crippen molar-refractivity contribution in [2.45, 2.75) is 64.2 Å². The fraction of sp³-hybridized carbons (Fsp3) is 0.593. The largest absolute Gasteiger partial charge is 0.469 e. The van der Waals surface area contributed by atoms with E-state index in [2.05, 4.69) is 10.6 Å². The van der Waals surface area contributed by atoms with Crippen LogP contribution in [0.2, 0.25) is 0 Å². The van der Waals surface area contributed by atoms with Crippen molar-refractivity contribution in [2.24, 2.45) is 17.6 Å². The highest BCUT2D eigenvalue weighted by atomic mass is 16.5. The maximum atomic E-state index is 13.3. The Kier molecular flexibility index (Phi) is 10.5. The number of nitrogens with zero attached hydrogens (tertiary/aromatic N) is 1. The molecule has 1 aromatic carbocycles. The molecule has 3 rings (SSSR count). The molecule has 0 bridgehead atoms. The molecule has 1 aromatic rings. The zero-order chi connectivity index (χ0) is 26.8. The van der Waals surface area contributed by atoms with Crippen LogP contribution in [0.4, 0.5) is 5.69 Å². The molecule has 5 N–H and O–H groups in total. The number of piperidine rings is 1. The number of carbonyl (C=O) groups is 4. The van der Waals surface area contributed by atoms with Gasteiger partial charge in [-0.3, -0.25) is 24.6 Å². The Morgan fingerprint density at radius 2 is 1.92 bits per heavy atom. The Morgan fingerprint density at radius 1 is 1.16 bits per heavy atom. The summed E-state index contributed by atoms with van der Waals surface area (Å²) in [5, 5.41) is 13.4. The lowest BCUT2D eigenvalue weighted by Crippen LogP contribution is -2.42. The molecule has 0 spiro atoms. The molecule has 1 saturated heterocycles. The summed E-state index contributed by atoms with van der Waals surface area (Å²) in [5.74, 6) is -0.759. The predicted molar refractivity (Wildman–Crippen MR) is 140 cm³/mol. The van der Waals surface area contributed by atoms with E-state index in [1.807, 2.05) is 4.90 Å². The molecular formula is C27H39N5O5. The monoisotopic (exact) mass is 513 g/mol. The molecule has 1 fully saturated rings. The summed E-state index contributed by atoms with van der Waals surface area (Å²) in [5.41, 5.74) is 6.91. The smallest absolute Gasteiger partial charge is 0.309 e. The van der Waals surface area contributed by atoms with Gasteiger partial charge in [0.25, 0.3) is 0 Å². The van der Waals surface area contributed by atoms with Gasteiger partial charge in [0.2, 0.25) is 11.8 Å². The van der Waals surface area contributed by atoms with Gasteiger partial charge in [-0.2, -0.15) is 0 Å². The number of rotatable bonds is 6. The van der Waals surface area contributed by atoms with Gasteiger partial charge in [-0.05, 0) is 55.7 Å². The Balaban J connectivity index is 1.64. The summed E-state index contributed by atoms with van der Waals surface area (Å²) in [4.78, 5) is 52.4. The number of carbonyl (C=O) groups excluding carboxylic acids is 4. The predicted octanol–water partition coefficient (Wildman–Crippen LogP) is 2.61. The summed E-state index contributed by atoms with van der Waals surface area (Å²) in [6.45, 7) is 2.09. The van der Waals surface area contributed by atoms with E-state index in [-0.39, 0.29) is 36.4 Å². The fourth-order valence-corrected chi connectivity index (χ4v) is 5.02. The van der Waals surface area contributed by atoms with Gasteiger partial charge in [0, 0.05) is 44.0 Å². The summed E-state index contributed by atoms with van der Waals surface area (Å²) in [7, 11) is 1.31. The van der Waals surface area contributed by atoms with Crippen molar-refractivity contribution in [1.29, 1.82) is 5.41 Å². The van der Waals surface area contributed by atoms with Gasteiger partial charge >= 0.3 is 5.97 Å². The van der Waals surface area contributed by atoms with Crippen LogP contribution in [0, 0.1) is 17.2 Å². The first-order valence-electron chi connectivity index (χ1n) is 13.2. The molecule has 2 aliphatic heterocycles. The minimum atomic E-state index is -0.440. The first-order valence-corrected chi connectivity index (χ1v) is 13.2. The van der Waals surface area contributed by atoms with E-state index in [9.17, 15) is 19.2 Å². The van der Waals surface area contributed by atoms with E-state index in [0.717, 1.165) is 45.2 Å². The Bertz CT molecular complexity index is 1000. The number of ether oxygens (including phenoxy) is 1. The lowest BCUT2D eigenvalue weighted by atomic mass is 9.90. The molecule has 0 aliphatic carbocycles. The average molecular weight is 514 g/mol. The molecule has 10 nitrogen and oxygen atoms in total. The molecule has 202 valence electrons. The van der Waals surface area contributed by atoms with Crippen molar-refractivity contribution in [3.63, 3.8) is 0 Å². The number of ketones is 1. The molecule has 0 saturated carbocycles. The standard InChI is InChI=1S/C27H39N5O5/c1-37-25(35)16-19-7-8-21-22(15-19)31-24(34)6-4-2-3-5-20(17-23(21)33)26(36)30-12-9-18-10-13-32(14-11-18)27(28)29/h7-8,15,18,20H,2-6,9-14,16-17H2,1H3,(H3,28,29)(H,30,36)(H,31,34). The average Bonchev–Trinajstić information content (AvgIpc) is 2.87. The Morgan fingerprint density at radius 3 is 2.62 bits per heavy atom. The third-order valence-electron chi connectivity index (χ3n) is 7.30. The van der Waals surface area contributed by atoms with Crippen LogP contribution in [0.25, 0.3) is 0 Å². The third-order valence-corrected chi connectivity index (χ3v) is 7.30. The Labute approximate surface area is 218 Å². The van der Waals surface area contributed by atoms with Gasteiger partial charge < -0.3 is 26.0 Å². The van der Waals surface area contributed by atoms with Crippen LogP contribution in [-0.4, -0.2) is 61.2 Å². The van der Waals surface area contributed by atoms with Crippen LogP contribution in [0.5, 0.6) is 0 Å². The van der Waals surface area contributed by atoms with Crippen molar-refractivity contribution >= 4 is 35.2 Å². The number of hydrogen-bond donors (Lipinski definition) is 4. The van der Waals surface area contributed by atoms with Crippen molar-refractivity contribution in [3.8, 4) is 0 Å². The van der Waals surface area contributed by atoms with Gasteiger partial charge in [-0.15, -0.1) is 0 Å². The number of anilines is 1. The molecule has 1 atom stereocenters. The topological polar surface area (TPSA) is 155 Å². The van der Waals surface area contributed by atoms with Crippen LogP contribution in [0.1, 0.15) is 73.7 Å². The minimum absolute atomic E-state index is 0.0344. The lowest BCUT2D eigenvalue weighted by molar-refractivity contribution is -0.139. The van der Waals surface area contributed by atoms with E-state index >= 15 is 0 Å². The number of nitrogens with one attached hydrogen (secondary N) is 3. The zero-order valence-corrected chi connectivity index (χ0v) is 21.6. The van der Waals surface area contributed by atoms with Crippen LogP contribution >= 0.6 is 0 Å². The van der Waals surface area contributed by atoms with Crippen molar-refractivity contribution in [2.75, 3.05) is 32.1 Å². The number of Topliss-reactive ketones (excluding diaryl/α,β-unsaturated/α-hetero) is 1. The van der Waals surface area contributed by atoms with Crippen LogP contribution in [0.3, 0.4) is 0 Å². The van der Waals surface area contributed by atoms with Crippen molar-refractivity contribution < 1.29 is 23.9 Å². The fourth-order valence-electron chi connectivity index (χ4n) is 5.02. The number of guanidine groups is 1. The second kappa shape index (κ2) is 13.8. The van der Waals surface area contributed by atoms with Crippen LogP contribution in [0.15, 0.2) is 18.2 Å². The zero-order valence-electron chi connectivity index (χ0n) is 21.6. The minimum Gasteiger partial charge on any atom is -0.469 e. The van der Waals surface area contributed by atoms with Crippen molar-refractivity contribution in [1.82, 2.24) is 10.2 Å². The molecule has 2 aliphatic rings. The second-order valence-corrected chi connectivity index (χ2v) is 10.00. The van der Waals surface area contributed by atoms with Crippen LogP contribution < -0.4 is 16.4 Å². The lowest BCUT2D eigenvalue weighted by Gasteiger charge is -2.32. The van der Waals surface area contributed by atoms with E-state index in [4.69, 9.17) is 15.9 Å². The van der Waals surface area contributed by atoms with Gasteiger partial charge in [0.1, 0.15) is 0 Å². The van der Waals surface area contributed by atoms with Crippen molar-refractivity contribution in [3.05, 3.63) is 29.3 Å². The van der Waals surface area contributed by atoms with Crippen LogP contribution in [-0.2, 0) is 25.5 Å². The van der Waals surface area contributed by atoms with Gasteiger partial charge in [0.15, 0.2) is 11.7 Å². The molecule has 10 heteroatoms. The quantitative estimate of drug-likeness (QED) is 0.259. The SMILES string of the molecule is COC(=O)Cc1ccc2c(c1)NC(=O)CCCCCC(C(=O)NCCC1CCN(C(=N)N)CC1)CC2=O. The highest BCUT2D eigenvalue weighted by Gasteiger charge is 2.26. The summed E-state index contributed by atoms with van der Waals surface area (Å²) in [6, 6.07) is 4.93. The molecule has 2 amide bonds. The molecule has 2 heterocycles. The highest BCUT2D eigenvalue weighted by molar-refractivity contribution is 6.06. The van der Waals surface area contributed by atoms with E-state index in [1.165, 1.54) is 7.11 Å². The molecule has 0 aromatic heterocycles. The molecular weight excluding hydrogens is 474 g/mol.